The highest BCUT2D eigenvalue weighted by molar-refractivity contribution is 7.58. The lowest BCUT2D eigenvalue weighted by Crippen LogP contribution is -2.63. The summed E-state index contributed by atoms with van der Waals surface area (Å²) < 4.78 is 58.2. The van der Waals surface area contributed by atoms with Crippen LogP contribution in [0.2, 0.25) is 25.2 Å². The molecule has 8 aromatic rings. The number of carbonyl (C=O) groups is 6. The number of fused-ring (bicyclic) bond motifs is 3. The van der Waals surface area contributed by atoms with E-state index in [0.717, 1.165) is 12.1 Å². The summed E-state index contributed by atoms with van der Waals surface area (Å²) >= 11 is 0. The molecular formula is C65H75N11O13P2Si. The molecule has 24 nitrogen and oxygen atoms in total. The summed E-state index contributed by atoms with van der Waals surface area (Å²) in [5.74, 6) is -0.517. The second kappa shape index (κ2) is 28.7. The molecule has 3 fully saturated rings. The van der Waals surface area contributed by atoms with Gasteiger partial charge in [0.15, 0.2) is 35.8 Å². The van der Waals surface area contributed by atoms with E-state index in [1.54, 1.807) is 116 Å². The number of rotatable bonds is 26. The standard InChI is InChI=1S/C34H41N4O7PSi.C31H34N7O6P/c1-6-44-46(42,45-7-2)22-43-34-14-31-27(13-26(34)24-15-35-21-36-16-24)28(23(3)39)17-38(31)18-33(41)30-20-47(4,5)19-29(30)32(40)12-25-10-8-9-11-37-25;1-4-44-45(3,42)20-43-30-15-28-25(14-24(30)22-16-32-19-33-17-22)26(21(2)39)18-37(28)36-12-11-35-10-8-27(38(35)31(36)41)29(40)13-23-7-5-6-9-34-23/h8-11,13-17,21,29-30H,6-7,12,18-20,22H2,1-5H3;5-7,9,14-19,27H,4,8,10-13,20H2,1-3H3/t29-,30?;27-,45?/m10/s1. The average molecular weight is 1310 g/mol. The van der Waals surface area contributed by atoms with Gasteiger partial charge in [-0.2, -0.15) is 0 Å². The number of carbonyl (C=O) groups excluding carboxylic acids is 6. The summed E-state index contributed by atoms with van der Waals surface area (Å²) in [5.41, 5.74) is 5.75. The van der Waals surface area contributed by atoms with Gasteiger partial charge in [0.05, 0.1) is 50.4 Å². The molecule has 482 valence electrons. The van der Waals surface area contributed by atoms with Gasteiger partial charge in [0.2, 0.25) is 7.37 Å². The van der Waals surface area contributed by atoms with Crippen LogP contribution in [0.3, 0.4) is 0 Å². The van der Waals surface area contributed by atoms with Crippen molar-refractivity contribution in [3.05, 3.63) is 145 Å². The van der Waals surface area contributed by atoms with Gasteiger partial charge in [-0.05, 0) is 89.5 Å². The number of ether oxygens (including phenoxy) is 2. The molecule has 2 unspecified atom stereocenters. The molecule has 27 heteroatoms. The van der Waals surface area contributed by atoms with E-state index < -0.39 is 35.0 Å². The first-order chi connectivity index (χ1) is 44.1. The Labute approximate surface area is 534 Å². The first-order valence-electron chi connectivity index (χ1n) is 30.6. The molecule has 0 aliphatic carbocycles. The maximum absolute atomic E-state index is 14.1. The first kappa shape index (κ1) is 66.6. The fourth-order valence-corrected chi connectivity index (χ4v) is 18.3. The first-order valence-corrected chi connectivity index (χ1v) is 38.0. The zero-order valence-corrected chi connectivity index (χ0v) is 55.6. The summed E-state index contributed by atoms with van der Waals surface area (Å²) in [6.45, 7) is 16.2. The molecule has 3 aliphatic heterocycles. The second-order valence-corrected chi connectivity index (χ2v) is 33.5. The Morgan fingerprint density at radius 2 is 1.15 bits per heavy atom. The topological polar surface area (TPSA) is 280 Å². The molecule has 0 N–H and O–H groups in total. The Morgan fingerprint density at radius 1 is 0.630 bits per heavy atom. The quantitative estimate of drug-likeness (QED) is 0.0277. The Kier molecular flexibility index (Phi) is 20.8. The van der Waals surface area contributed by atoms with Crippen LogP contribution in [-0.2, 0) is 56.5 Å². The molecule has 4 atom stereocenters. The van der Waals surface area contributed by atoms with Crippen molar-refractivity contribution >= 4 is 79.8 Å². The molecule has 2 amide bonds. The molecule has 3 saturated heterocycles. The molecule has 9 heterocycles. The number of hydrogen-bond acceptors (Lipinski definition) is 20. The van der Waals surface area contributed by atoms with E-state index in [0.29, 0.717) is 104 Å². The number of hydrazine groups is 1. The van der Waals surface area contributed by atoms with E-state index in [-0.39, 0.29) is 92.8 Å². The highest BCUT2D eigenvalue weighted by Crippen LogP contribution is 2.50. The molecular weight excluding hydrogens is 1230 g/mol. The number of pyridine rings is 2. The van der Waals surface area contributed by atoms with Crippen LogP contribution in [0, 0.1) is 11.8 Å². The zero-order valence-electron chi connectivity index (χ0n) is 52.8. The Hall–Kier alpha value is -8.28. The van der Waals surface area contributed by atoms with Crippen LogP contribution in [0.25, 0.3) is 44.1 Å². The van der Waals surface area contributed by atoms with Crippen LogP contribution in [0.1, 0.15) is 73.1 Å². The number of nitrogens with zero attached hydrogens (tertiary/aromatic N) is 11. The molecule has 0 saturated carbocycles. The fraction of sp³-hybridized carbons (Fsp3) is 0.385. The van der Waals surface area contributed by atoms with Gasteiger partial charge in [-0.1, -0.05) is 25.2 Å². The minimum absolute atomic E-state index is 0.0179. The zero-order chi connectivity index (χ0) is 65.5. The van der Waals surface area contributed by atoms with Gasteiger partial charge < -0.3 is 27.6 Å². The minimum atomic E-state index is -3.57. The van der Waals surface area contributed by atoms with Crippen LogP contribution in [0.5, 0.6) is 11.5 Å². The predicted octanol–water partition coefficient (Wildman–Crippen LogP) is 10.8. The van der Waals surface area contributed by atoms with Crippen LogP contribution < -0.4 is 14.5 Å². The number of aromatic nitrogens is 8. The van der Waals surface area contributed by atoms with Crippen molar-refractivity contribution < 1.29 is 60.9 Å². The normalized spacial score (nSPS) is 17.9. The average Bonchev–Trinajstić information content (AvgIpc) is 1.61. The van der Waals surface area contributed by atoms with Gasteiger partial charge in [-0.15, -0.1) is 0 Å². The Bertz CT molecular complexity index is 4130. The monoisotopic (exact) mass is 1310 g/mol. The third kappa shape index (κ3) is 15.1. The van der Waals surface area contributed by atoms with Crippen molar-refractivity contribution in [1.29, 1.82) is 0 Å². The third-order valence-electron chi connectivity index (χ3n) is 16.5. The van der Waals surface area contributed by atoms with Crippen molar-refractivity contribution in [2.45, 2.75) is 91.6 Å². The summed E-state index contributed by atoms with van der Waals surface area (Å²) in [6.07, 6.45) is 16.3. The smallest absolute Gasteiger partial charge is 0.367 e. The summed E-state index contributed by atoms with van der Waals surface area (Å²) in [7, 11) is -8.44. The summed E-state index contributed by atoms with van der Waals surface area (Å²) in [6, 6.07) is 18.5. The van der Waals surface area contributed by atoms with Crippen LogP contribution in [0.4, 0.5) is 4.79 Å². The van der Waals surface area contributed by atoms with E-state index >= 15 is 0 Å². The SMILES string of the molecule is CCOP(=O)(COc1cc2c(cc1-c1cncnc1)c(C(C)=O)cn2CC(=O)C1C[Si](C)(C)C[C@H]1C(=O)Cc1ccccn1)OCC.CCOP(C)(=O)COc1cc2c(cc1-c1cncnc1)c(C(C)=O)cn2N1CCN2CC[C@@H](C(=O)Cc3ccccn3)N2C1=O. The molecule has 3 aliphatic rings. The molecule has 0 spiro atoms. The van der Waals surface area contributed by atoms with Gasteiger partial charge in [0.25, 0.3) is 0 Å². The van der Waals surface area contributed by atoms with Gasteiger partial charge >= 0.3 is 13.6 Å². The number of hydrogen-bond donors (Lipinski definition) is 0. The van der Waals surface area contributed by atoms with E-state index in [1.807, 2.05) is 29.3 Å². The summed E-state index contributed by atoms with van der Waals surface area (Å²) in [5, 5.41) is 6.20. The van der Waals surface area contributed by atoms with Gasteiger partial charge in [-0.25, -0.2) is 39.8 Å². The van der Waals surface area contributed by atoms with Gasteiger partial charge in [0, 0.05) is 163 Å². The Balaban J connectivity index is 0.000000202. The number of ketones is 5. The van der Waals surface area contributed by atoms with Crippen molar-refractivity contribution in [1.82, 2.24) is 49.2 Å². The van der Waals surface area contributed by atoms with Gasteiger partial charge in [-0.3, -0.25) is 47.7 Å². The van der Waals surface area contributed by atoms with E-state index in [9.17, 15) is 37.9 Å². The lowest BCUT2D eigenvalue weighted by molar-refractivity contribution is -0.130. The third-order valence-corrected chi connectivity index (χ3v) is 22.7. The number of urea groups is 1. The fourth-order valence-electron chi connectivity index (χ4n) is 12.4. The highest BCUT2D eigenvalue weighted by Gasteiger charge is 2.48. The number of Topliss-reactive ketones (excluding diaryl/α,β-unsaturated/α-hetero) is 5. The van der Waals surface area contributed by atoms with E-state index in [2.05, 4.69) is 43.0 Å². The molecule has 0 radical (unpaired) electrons. The lowest BCUT2D eigenvalue weighted by atomic mass is 9.86. The lowest BCUT2D eigenvalue weighted by Gasteiger charge is -2.41. The molecule has 6 aromatic heterocycles. The highest BCUT2D eigenvalue weighted by atomic mass is 31.2. The Morgan fingerprint density at radius 3 is 1.70 bits per heavy atom. The second-order valence-electron chi connectivity index (χ2n) is 23.8. The number of amides is 2. The van der Waals surface area contributed by atoms with Gasteiger partial charge in [0.1, 0.15) is 36.0 Å². The van der Waals surface area contributed by atoms with Crippen LogP contribution in [-0.4, -0.2) is 157 Å². The molecule has 92 heavy (non-hydrogen) atoms. The molecule has 11 rings (SSSR count). The van der Waals surface area contributed by atoms with E-state index in [1.165, 1.54) is 43.2 Å². The van der Waals surface area contributed by atoms with Crippen LogP contribution >= 0.6 is 15.0 Å². The van der Waals surface area contributed by atoms with Crippen molar-refractivity contribution in [2.75, 3.05) is 63.8 Å². The van der Waals surface area contributed by atoms with Crippen molar-refractivity contribution in [3.8, 4) is 33.8 Å². The minimum Gasteiger partial charge on any atom is -0.483 e. The van der Waals surface area contributed by atoms with E-state index in [4.69, 9.17) is 23.0 Å². The summed E-state index contributed by atoms with van der Waals surface area (Å²) in [4.78, 5) is 106. The number of benzene rings is 2. The maximum atomic E-state index is 14.1. The molecule has 0 bridgehead atoms. The van der Waals surface area contributed by atoms with Crippen LogP contribution in [0.15, 0.2) is 123 Å². The maximum Gasteiger partial charge on any atom is 0.367 e. The molecule has 2 aromatic carbocycles. The largest absolute Gasteiger partial charge is 0.483 e. The van der Waals surface area contributed by atoms with Crippen molar-refractivity contribution in [3.63, 3.8) is 0 Å². The predicted molar refractivity (Wildman–Crippen MR) is 348 cm³/mol. The van der Waals surface area contributed by atoms with Crippen molar-refractivity contribution in [2.24, 2.45) is 11.8 Å².